The summed E-state index contributed by atoms with van der Waals surface area (Å²) in [6, 6.07) is 7.26. The highest BCUT2D eigenvalue weighted by atomic mass is 79.9. The van der Waals surface area contributed by atoms with Gasteiger partial charge in [-0.25, -0.2) is 4.39 Å². The lowest BCUT2D eigenvalue weighted by molar-refractivity contribution is 0.588. The molecular formula is C13H13BrFNS. The summed E-state index contributed by atoms with van der Waals surface area (Å²) in [5.74, 6) is -0.143. The summed E-state index contributed by atoms with van der Waals surface area (Å²) in [4.78, 5) is 1.24. The molecule has 0 aliphatic rings. The van der Waals surface area contributed by atoms with Crippen LogP contribution in [0.4, 0.5) is 4.39 Å². The second-order valence-corrected chi connectivity index (χ2v) is 5.84. The van der Waals surface area contributed by atoms with Crippen molar-refractivity contribution in [3.63, 3.8) is 0 Å². The summed E-state index contributed by atoms with van der Waals surface area (Å²) in [5.41, 5.74) is 1.81. The van der Waals surface area contributed by atoms with Crippen LogP contribution in [0.3, 0.4) is 0 Å². The summed E-state index contributed by atoms with van der Waals surface area (Å²) in [7, 11) is 0. The molecule has 0 aliphatic heterocycles. The minimum Gasteiger partial charge on any atom is -0.308 e. The van der Waals surface area contributed by atoms with Gasteiger partial charge >= 0.3 is 0 Å². The fraction of sp³-hybridized carbons (Fsp3) is 0.231. The third kappa shape index (κ3) is 3.63. The van der Waals surface area contributed by atoms with Crippen LogP contribution in [-0.4, -0.2) is 0 Å². The number of benzene rings is 1. The van der Waals surface area contributed by atoms with E-state index in [-0.39, 0.29) is 5.82 Å². The summed E-state index contributed by atoms with van der Waals surface area (Å²) in [6.07, 6.45) is 0. The Hall–Kier alpha value is -0.710. The Morgan fingerprint density at radius 3 is 2.82 bits per heavy atom. The highest BCUT2D eigenvalue weighted by molar-refractivity contribution is 9.10. The van der Waals surface area contributed by atoms with Gasteiger partial charge in [-0.1, -0.05) is 17.7 Å². The first kappa shape index (κ1) is 12.7. The average Bonchev–Trinajstić information content (AvgIpc) is 2.69. The second-order valence-electron chi connectivity index (χ2n) is 3.93. The first-order valence-electron chi connectivity index (χ1n) is 5.34. The quantitative estimate of drug-likeness (QED) is 0.890. The third-order valence-electron chi connectivity index (χ3n) is 2.44. The highest BCUT2D eigenvalue weighted by Crippen LogP contribution is 2.19. The van der Waals surface area contributed by atoms with Crippen molar-refractivity contribution >= 4 is 27.3 Å². The van der Waals surface area contributed by atoms with E-state index in [1.54, 1.807) is 17.4 Å². The van der Waals surface area contributed by atoms with Gasteiger partial charge in [-0.3, -0.25) is 0 Å². The van der Waals surface area contributed by atoms with Crippen molar-refractivity contribution in [2.75, 3.05) is 0 Å². The molecule has 0 spiro atoms. The van der Waals surface area contributed by atoms with Crippen LogP contribution in [0.2, 0.25) is 0 Å². The molecule has 1 aromatic carbocycles. The van der Waals surface area contributed by atoms with Gasteiger partial charge in [0, 0.05) is 33.4 Å². The van der Waals surface area contributed by atoms with E-state index in [2.05, 4.69) is 27.3 Å². The van der Waals surface area contributed by atoms with Gasteiger partial charge in [-0.2, -0.15) is 0 Å². The minimum absolute atomic E-state index is 0.143. The monoisotopic (exact) mass is 313 g/mol. The molecule has 1 heterocycles. The van der Waals surface area contributed by atoms with Crippen molar-refractivity contribution in [3.05, 3.63) is 55.9 Å². The predicted molar refractivity (Wildman–Crippen MR) is 73.7 cm³/mol. The minimum atomic E-state index is -0.143. The van der Waals surface area contributed by atoms with Gasteiger partial charge < -0.3 is 5.32 Å². The van der Waals surface area contributed by atoms with Crippen LogP contribution in [0.15, 0.2) is 34.1 Å². The topological polar surface area (TPSA) is 12.0 Å². The Morgan fingerprint density at radius 2 is 2.12 bits per heavy atom. The van der Waals surface area contributed by atoms with Crippen molar-refractivity contribution in [3.8, 4) is 0 Å². The maximum atomic E-state index is 13.5. The molecule has 17 heavy (non-hydrogen) atoms. The molecule has 1 aromatic heterocycles. The third-order valence-corrected chi connectivity index (χ3v) is 4.14. The number of halogens is 2. The second kappa shape index (κ2) is 5.76. The summed E-state index contributed by atoms with van der Waals surface area (Å²) < 4.78 is 14.6. The van der Waals surface area contributed by atoms with E-state index in [9.17, 15) is 4.39 Å². The van der Waals surface area contributed by atoms with Crippen molar-refractivity contribution in [1.29, 1.82) is 0 Å². The average molecular weight is 314 g/mol. The van der Waals surface area contributed by atoms with Crippen LogP contribution in [0.1, 0.15) is 16.0 Å². The fourth-order valence-corrected chi connectivity index (χ4v) is 3.03. The van der Waals surface area contributed by atoms with Crippen molar-refractivity contribution in [1.82, 2.24) is 5.32 Å². The molecule has 0 bridgehead atoms. The van der Waals surface area contributed by atoms with Crippen LogP contribution in [0.5, 0.6) is 0 Å². The summed E-state index contributed by atoms with van der Waals surface area (Å²) in [6.45, 7) is 3.30. The zero-order valence-electron chi connectivity index (χ0n) is 9.47. The molecule has 0 fully saturated rings. The number of hydrogen-bond acceptors (Lipinski definition) is 2. The molecule has 0 unspecified atom stereocenters. The number of rotatable bonds is 4. The van der Waals surface area contributed by atoms with Gasteiger partial charge in [0.15, 0.2) is 0 Å². The lowest BCUT2D eigenvalue weighted by Gasteiger charge is -2.05. The SMILES string of the molecule is Cc1ccc(F)c(CNCc2cc(Br)cs2)c1. The molecule has 0 saturated heterocycles. The molecule has 2 rings (SSSR count). The number of thiophene rings is 1. The Kier molecular flexibility index (Phi) is 4.31. The van der Waals surface area contributed by atoms with Crippen LogP contribution in [0, 0.1) is 12.7 Å². The summed E-state index contributed by atoms with van der Waals surface area (Å²) in [5, 5.41) is 5.29. The standard InChI is InChI=1S/C13H13BrFNS/c1-9-2-3-13(15)10(4-9)6-16-7-12-5-11(14)8-17-12/h2-5,8,16H,6-7H2,1H3. The predicted octanol–water partition coefficient (Wildman–Crippen LogP) is 4.25. The Morgan fingerprint density at radius 1 is 1.29 bits per heavy atom. The molecular weight excluding hydrogens is 301 g/mol. The van der Waals surface area contributed by atoms with Crippen LogP contribution in [0.25, 0.3) is 0 Å². The molecule has 0 amide bonds. The molecule has 1 N–H and O–H groups in total. The largest absolute Gasteiger partial charge is 0.308 e. The Labute approximate surface area is 113 Å². The Balaban J connectivity index is 1.91. The molecule has 0 radical (unpaired) electrons. The van der Waals surface area contributed by atoms with Crippen LogP contribution in [-0.2, 0) is 13.1 Å². The molecule has 0 saturated carbocycles. The molecule has 90 valence electrons. The zero-order chi connectivity index (χ0) is 12.3. The maximum absolute atomic E-state index is 13.5. The van der Waals surface area contributed by atoms with E-state index in [1.165, 1.54) is 10.9 Å². The first-order valence-corrected chi connectivity index (χ1v) is 7.01. The maximum Gasteiger partial charge on any atom is 0.127 e. The number of hydrogen-bond donors (Lipinski definition) is 1. The fourth-order valence-electron chi connectivity index (χ4n) is 1.61. The van der Waals surface area contributed by atoms with Crippen molar-refractivity contribution < 1.29 is 4.39 Å². The van der Waals surface area contributed by atoms with E-state index < -0.39 is 0 Å². The Bertz CT molecular complexity index is 510. The normalized spacial score (nSPS) is 10.8. The van der Waals surface area contributed by atoms with Crippen LogP contribution < -0.4 is 5.32 Å². The summed E-state index contributed by atoms with van der Waals surface area (Å²) >= 11 is 5.10. The zero-order valence-corrected chi connectivity index (χ0v) is 11.9. The van der Waals surface area contributed by atoms with E-state index in [1.807, 2.05) is 18.4 Å². The number of aryl methyl sites for hydroxylation is 1. The smallest absolute Gasteiger partial charge is 0.127 e. The van der Waals surface area contributed by atoms with E-state index in [0.29, 0.717) is 6.54 Å². The highest BCUT2D eigenvalue weighted by Gasteiger charge is 2.02. The van der Waals surface area contributed by atoms with Gasteiger partial charge in [-0.05, 0) is 35.0 Å². The molecule has 2 aromatic rings. The van der Waals surface area contributed by atoms with Gasteiger partial charge in [0.2, 0.25) is 0 Å². The van der Waals surface area contributed by atoms with E-state index >= 15 is 0 Å². The van der Waals surface area contributed by atoms with E-state index in [4.69, 9.17) is 0 Å². The molecule has 1 nitrogen and oxygen atoms in total. The van der Waals surface area contributed by atoms with Gasteiger partial charge in [0.1, 0.15) is 5.82 Å². The molecule has 0 atom stereocenters. The van der Waals surface area contributed by atoms with Gasteiger partial charge in [0.25, 0.3) is 0 Å². The first-order chi connectivity index (χ1) is 8.15. The van der Waals surface area contributed by atoms with E-state index in [0.717, 1.165) is 22.1 Å². The number of nitrogens with one attached hydrogen (secondary N) is 1. The lowest BCUT2D eigenvalue weighted by Crippen LogP contribution is -2.13. The van der Waals surface area contributed by atoms with Gasteiger partial charge in [-0.15, -0.1) is 11.3 Å². The van der Waals surface area contributed by atoms with Crippen LogP contribution >= 0.6 is 27.3 Å². The molecule has 0 aliphatic carbocycles. The molecule has 4 heteroatoms. The van der Waals surface area contributed by atoms with Crippen molar-refractivity contribution in [2.45, 2.75) is 20.0 Å². The lowest BCUT2D eigenvalue weighted by atomic mass is 10.1. The van der Waals surface area contributed by atoms with Gasteiger partial charge in [0.05, 0.1) is 0 Å². The van der Waals surface area contributed by atoms with Crippen molar-refractivity contribution in [2.24, 2.45) is 0 Å².